The second kappa shape index (κ2) is 4.19. The third kappa shape index (κ3) is 1.86. The van der Waals surface area contributed by atoms with Crippen molar-refractivity contribution in [3.05, 3.63) is 24.0 Å². The summed E-state index contributed by atoms with van der Waals surface area (Å²) in [5.41, 5.74) is 7.19. The number of nitrogens with zero attached hydrogens (tertiary/aromatic N) is 1. The molecule has 0 radical (unpaired) electrons. The summed E-state index contributed by atoms with van der Waals surface area (Å²) in [7, 11) is 0. The van der Waals surface area contributed by atoms with Gasteiger partial charge in [0.2, 0.25) is 0 Å². The number of aliphatic hydroxyl groups is 1. The van der Waals surface area contributed by atoms with Crippen molar-refractivity contribution in [2.75, 3.05) is 11.5 Å². The Labute approximate surface area is 87.7 Å². The molecule has 0 aromatic carbocycles. The number of hydrogen-bond acceptors (Lipinski definition) is 4. The number of anilines is 1. The predicted molar refractivity (Wildman–Crippen MR) is 59.1 cm³/mol. The quantitative estimate of drug-likeness (QED) is 0.778. The minimum Gasteiger partial charge on any atom is -0.398 e. The van der Waals surface area contributed by atoms with Gasteiger partial charge in [-0.25, -0.2) is 0 Å². The number of aliphatic hydroxyl groups excluding tert-OH is 1. The molecule has 4 heteroatoms. The summed E-state index contributed by atoms with van der Waals surface area (Å²) >= 11 is 1.82. The average molecular weight is 210 g/mol. The SMILES string of the molecule is Nc1ccncc1C(O)C1CCCS1. The molecule has 1 aliphatic heterocycles. The zero-order valence-electron chi connectivity index (χ0n) is 7.89. The lowest BCUT2D eigenvalue weighted by Gasteiger charge is -2.18. The van der Waals surface area contributed by atoms with E-state index in [-0.39, 0.29) is 0 Å². The van der Waals surface area contributed by atoms with Gasteiger partial charge in [0.05, 0.1) is 6.10 Å². The van der Waals surface area contributed by atoms with Crippen LogP contribution in [0.1, 0.15) is 24.5 Å². The molecule has 2 unspecified atom stereocenters. The van der Waals surface area contributed by atoms with Gasteiger partial charge in [0.1, 0.15) is 0 Å². The minimum atomic E-state index is -0.462. The van der Waals surface area contributed by atoms with Crippen LogP contribution in [0.5, 0.6) is 0 Å². The zero-order valence-corrected chi connectivity index (χ0v) is 8.70. The molecular formula is C10H14N2OS. The molecule has 2 rings (SSSR count). The first-order valence-corrected chi connectivity index (χ1v) is 5.83. The number of pyridine rings is 1. The molecule has 0 saturated carbocycles. The van der Waals surface area contributed by atoms with Crippen molar-refractivity contribution in [2.24, 2.45) is 0 Å². The fourth-order valence-corrected chi connectivity index (χ4v) is 3.01. The highest BCUT2D eigenvalue weighted by Gasteiger charge is 2.26. The zero-order chi connectivity index (χ0) is 9.97. The molecule has 2 atom stereocenters. The molecular weight excluding hydrogens is 196 g/mol. The summed E-state index contributed by atoms with van der Waals surface area (Å²) in [6, 6.07) is 1.73. The van der Waals surface area contributed by atoms with E-state index >= 15 is 0 Å². The van der Waals surface area contributed by atoms with Crippen LogP contribution in [0.2, 0.25) is 0 Å². The molecule has 3 nitrogen and oxygen atoms in total. The molecule has 2 heterocycles. The van der Waals surface area contributed by atoms with Gasteiger partial charge in [-0.1, -0.05) is 0 Å². The highest BCUT2D eigenvalue weighted by molar-refractivity contribution is 8.00. The van der Waals surface area contributed by atoms with E-state index in [1.54, 1.807) is 18.5 Å². The Morgan fingerprint density at radius 2 is 2.50 bits per heavy atom. The Morgan fingerprint density at radius 1 is 1.64 bits per heavy atom. The molecule has 1 fully saturated rings. The molecule has 0 amide bonds. The summed E-state index contributed by atoms with van der Waals surface area (Å²) in [6.45, 7) is 0. The van der Waals surface area contributed by atoms with Crippen LogP contribution in [-0.2, 0) is 0 Å². The lowest BCUT2D eigenvalue weighted by Crippen LogP contribution is -2.13. The second-order valence-corrected chi connectivity index (χ2v) is 4.85. The van der Waals surface area contributed by atoms with E-state index in [1.165, 1.54) is 6.42 Å². The van der Waals surface area contributed by atoms with Crippen molar-refractivity contribution in [3.63, 3.8) is 0 Å². The van der Waals surface area contributed by atoms with Gasteiger partial charge in [0.25, 0.3) is 0 Å². The van der Waals surface area contributed by atoms with Crippen LogP contribution in [0.25, 0.3) is 0 Å². The van der Waals surface area contributed by atoms with Crippen molar-refractivity contribution in [2.45, 2.75) is 24.2 Å². The van der Waals surface area contributed by atoms with Crippen molar-refractivity contribution in [1.29, 1.82) is 0 Å². The lowest BCUT2D eigenvalue weighted by molar-refractivity contribution is 0.173. The highest BCUT2D eigenvalue weighted by Crippen LogP contribution is 2.37. The maximum absolute atomic E-state index is 10.1. The number of nitrogens with two attached hydrogens (primary N) is 1. The third-order valence-electron chi connectivity index (χ3n) is 2.52. The van der Waals surface area contributed by atoms with E-state index in [4.69, 9.17) is 5.73 Å². The smallest absolute Gasteiger partial charge is 0.0943 e. The van der Waals surface area contributed by atoms with Gasteiger partial charge in [-0.15, -0.1) is 0 Å². The van der Waals surface area contributed by atoms with E-state index in [9.17, 15) is 5.11 Å². The van der Waals surface area contributed by atoms with Crippen LogP contribution in [0.15, 0.2) is 18.5 Å². The Kier molecular flexibility index (Phi) is 2.93. The van der Waals surface area contributed by atoms with E-state index in [0.717, 1.165) is 17.7 Å². The molecule has 0 spiro atoms. The number of thioether (sulfide) groups is 1. The number of aromatic nitrogens is 1. The van der Waals surface area contributed by atoms with Crippen LogP contribution in [-0.4, -0.2) is 21.1 Å². The van der Waals surface area contributed by atoms with E-state index in [2.05, 4.69) is 4.98 Å². The Bertz CT molecular complexity index is 313. The topological polar surface area (TPSA) is 59.1 Å². The van der Waals surface area contributed by atoms with Crippen LogP contribution >= 0.6 is 11.8 Å². The first-order valence-electron chi connectivity index (χ1n) is 4.78. The first-order chi connectivity index (χ1) is 6.79. The molecule has 1 aliphatic rings. The summed E-state index contributed by atoms with van der Waals surface area (Å²) in [5, 5.41) is 10.4. The Balaban J connectivity index is 2.17. The predicted octanol–water partition coefficient (Wildman–Crippen LogP) is 1.59. The number of nitrogen functional groups attached to an aromatic ring is 1. The molecule has 0 aliphatic carbocycles. The van der Waals surface area contributed by atoms with Crippen LogP contribution in [0.3, 0.4) is 0 Å². The van der Waals surface area contributed by atoms with Gasteiger partial charge >= 0.3 is 0 Å². The largest absolute Gasteiger partial charge is 0.398 e. The molecule has 3 N–H and O–H groups in total. The summed E-state index contributed by atoms with van der Waals surface area (Å²) in [5.74, 6) is 1.14. The maximum Gasteiger partial charge on any atom is 0.0943 e. The van der Waals surface area contributed by atoms with Gasteiger partial charge in [-0.2, -0.15) is 11.8 Å². The summed E-state index contributed by atoms with van der Waals surface area (Å²) in [4.78, 5) is 3.99. The van der Waals surface area contributed by atoms with Gasteiger partial charge in [0.15, 0.2) is 0 Å². The normalized spacial score (nSPS) is 23.6. The number of hydrogen-bond donors (Lipinski definition) is 2. The van der Waals surface area contributed by atoms with Gasteiger partial charge in [-0.3, -0.25) is 4.98 Å². The van der Waals surface area contributed by atoms with Gasteiger partial charge in [0, 0.05) is 28.9 Å². The number of rotatable bonds is 2. The summed E-state index contributed by atoms with van der Waals surface area (Å²) < 4.78 is 0. The molecule has 0 bridgehead atoms. The summed E-state index contributed by atoms with van der Waals surface area (Å²) in [6.07, 6.45) is 5.11. The van der Waals surface area contributed by atoms with Crippen LogP contribution in [0, 0.1) is 0 Å². The monoisotopic (exact) mass is 210 g/mol. The lowest BCUT2D eigenvalue weighted by atomic mass is 10.0. The van der Waals surface area contributed by atoms with Crippen molar-refractivity contribution in [3.8, 4) is 0 Å². The molecule has 76 valence electrons. The average Bonchev–Trinajstić information content (AvgIpc) is 2.70. The molecule has 1 saturated heterocycles. The van der Waals surface area contributed by atoms with Crippen molar-refractivity contribution < 1.29 is 5.11 Å². The van der Waals surface area contributed by atoms with E-state index in [0.29, 0.717) is 10.9 Å². The Hall–Kier alpha value is -0.740. The maximum atomic E-state index is 10.1. The van der Waals surface area contributed by atoms with E-state index < -0.39 is 6.10 Å². The molecule has 14 heavy (non-hydrogen) atoms. The fourth-order valence-electron chi connectivity index (χ4n) is 1.72. The molecule has 1 aromatic rings. The highest BCUT2D eigenvalue weighted by atomic mass is 32.2. The standard InChI is InChI=1S/C10H14N2OS/c11-8-3-4-12-6-7(8)10(13)9-2-1-5-14-9/h3-4,6,9-10,13H,1-2,5H2,(H2,11,12). The second-order valence-electron chi connectivity index (χ2n) is 3.50. The minimum absolute atomic E-state index is 0.293. The van der Waals surface area contributed by atoms with Crippen LogP contribution in [0.4, 0.5) is 5.69 Å². The molecule has 1 aromatic heterocycles. The third-order valence-corrected chi connectivity index (χ3v) is 3.97. The first kappa shape index (κ1) is 9.80. The van der Waals surface area contributed by atoms with Crippen molar-refractivity contribution >= 4 is 17.4 Å². The van der Waals surface area contributed by atoms with Gasteiger partial charge in [-0.05, 0) is 24.7 Å². The van der Waals surface area contributed by atoms with E-state index in [1.807, 2.05) is 11.8 Å². The van der Waals surface area contributed by atoms with Crippen molar-refractivity contribution in [1.82, 2.24) is 4.98 Å². The fraction of sp³-hybridized carbons (Fsp3) is 0.500. The van der Waals surface area contributed by atoms with Crippen LogP contribution < -0.4 is 5.73 Å². The van der Waals surface area contributed by atoms with Gasteiger partial charge < -0.3 is 10.8 Å². The Morgan fingerprint density at radius 3 is 3.14 bits per heavy atom.